The summed E-state index contributed by atoms with van der Waals surface area (Å²) >= 11 is 0. The minimum Gasteiger partial charge on any atom is -0.497 e. The number of aryl methyl sites for hydroxylation is 2. The lowest BCUT2D eigenvalue weighted by Crippen LogP contribution is -2.18. The second-order valence-corrected chi connectivity index (χ2v) is 9.07. The van der Waals surface area contributed by atoms with E-state index in [1.165, 1.54) is 14.2 Å². The van der Waals surface area contributed by atoms with Crippen LogP contribution in [0.4, 0.5) is 5.69 Å². The van der Waals surface area contributed by atoms with E-state index in [0.717, 1.165) is 0 Å². The summed E-state index contributed by atoms with van der Waals surface area (Å²) in [5.41, 5.74) is 2.30. The minimum absolute atomic E-state index is 0.158. The molecule has 2 aromatic carbocycles. The molecule has 0 aliphatic rings. The summed E-state index contributed by atoms with van der Waals surface area (Å²) in [7, 11) is -0.719. The van der Waals surface area contributed by atoms with Crippen LogP contribution in [0.15, 0.2) is 51.9 Å². The van der Waals surface area contributed by atoms with E-state index in [2.05, 4.69) is 10.5 Å². The van der Waals surface area contributed by atoms with Gasteiger partial charge in [-0.1, -0.05) is 17.3 Å². The number of nitrogens with one attached hydrogen (secondary N) is 1. The lowest BCUT2D eigenvalue weighted by Gasteiger charge is -2.12. The number of sulfone groups is 1. The van der Waals surface area contributed by atoms with E-state index in [1.807, 2.05) is 0 Å². The summed E-state index contributed by atoms with van der Waals surface area (Å²) < 4.78 is 41.5. The predicted octanol–water partition coefficient (Wildman–Crippen LogP) is 3.78. The van der Waals surface area contributed by atoms with Gasteiger partial charge in [-0.05, 0) is 37.6 Å². The zero-order chi connectivity index (χ0) is 22.6. The fourth-order valence-electron chi connectivity index (χ4n) is 3.05. The van der Waals surface area contributed by atoms with Gasteiger partial charge in [0, 0.05) is 24.1 Å². The number of nitrogens with zero attached hydrogens (tertiary/aromatic N) is 1. The average Bonchev–Trinajstić information content (AvgIpc) is 3.18. The number of hydrogen-bond acceptors (Lipinski definition) is 7. The largest absolute Gasteiger partial charge is 0.497 e. The normalized spacial score (nSPS) is 11.2. The molecule has 0 saturated heterocycles. The van der Waals surface area contributed by atoms with Crippen molar-refractivity contribution in [2.45, 2.75) is 25.2 Å². The Balaban J connectivity index is 1.75. The lowest BCUT2D eigenvalue weighted by atomic mass is 10.1. The van der Waals surface area contributed by atoms with Crippen LogP contribution in [0.25, 0.3) is 11.3 Å². The molecule has 3 rings (SSSR count). The quantitative estimate of drug-likeness (QED) is 0.563. The van der Waals surface area contributed by atoms with Gasteiger partial charge in [0.2, 0.25) is 5.91 Å². The highest BCUT2D eigenvalue weighted by Gasteiger charge is 2.21. The van der Waals surface area contributed by atoms with E-state index >= 15 is 0 Å². The standard InChI is InChI=1S/C22H24N2O6S/c1-14-5-6-16(20-11-15(2)24-30-20)12-21(14)31(26,27)10-9-22(25)23-18-13-17(28-3)7-8-19(18)29-4/h5-8,11-13H,9-10H2,1-4H3,(H,23,25). The fourth-order valence-corrected chi connectivity index (χ4v) is 4.59. The van der Waals surface area contributed by atoms with Crippen molar-refractivity contribution in [3.05, 3.63) is 53.7 Å². The Bertz CT molecular complexity index is 1200. The maximum absolute atomic E-state index is 13.0. The molecule has 0 spiro atoms. The van der Waals surface area contributed by atoms with Gasteiger partial charge in [-0.15, -0.1) is 0 Å². The van der Waals surface area contributed by atoms with Crippen molar-refractivity contribution < 1.29 is 27.2 Å². The minimum atomic E-state index is -3.71. The number of carbonyl (C=O) groups excluding carboxylic acids is 1. The van der Waals surface area contributed by atoms with E-state index < -0.39 is 15.7 Å². The van der Waals surface area contributed by atoms with E-state index in [0.29, 0.717) is 39.8 Å². The molecule has 0 atom stereocenters. The number of ether oxygens (including phenoxy) is 2. The molecule has 0 aliphatic carbocycles. The summed E-state index contributed by atoms with van der Waals surface area (Å²) in [6.07, 6.45) is -0.215. The number of rotatable bonds is 8. The smallest absolute Gasteiger partial charge is 0.225 e. The summed E-state index contributed by atoms with van der Waals surface area (Å²) in [6, 6.07) is 11.7. The van der Waals surface area contributed by atoms with Crippen LogP contribution in [0.1, 0.15) is 17.7 Å². The average molecular weight is 445 g/mol. The van der Waals surface area contributed by atoms with Gasteiger partial charge in [0.05, 0.1) is 36.2 Å². The third-order valence-electron chi connectivity index (χ3n) is 4.71. The molecule has 1 N–H and O–H groups in total. The van der Waals surface area contributed by atoms with Crippen LogP contribution in [-0.4, -0.2) is 39.5 Å². The monoisotopic (exact) mass is 444 g/mol. The summed E-state index contributed by atoms with van der Waals surface area (Å²) in [5, 5.41) is 6.52. The number of amides is 1. The molecule has 1 amide bonds. The zero-order valence-electron chi connectivity index (χ0n) is 17.8. The van der Waals surface area contributed by atoms with Crippen molar-refractivity contribution in [1.29, 1.82) is 0 Å². The van der Waals surface area contributed by atoms with Gasteiger partial charge in [0.1, 0.15) is 11.5 Å². The van der Waals surface area contributed by atoms with Crippen LogP contribution in [-0.2, 0) is 14.6 Å². The molecule has 0 saturated carbocycles. The first-order valence-corrected chi connectivity index (χ1v) is 11.2. The second-order valence-electron chi connectivity index (χ2n) is 7.00. The van der Waals surface area contributed by atoms with Gasteiger partial charge < -0.3 is 19.3 Å². The van der Waals surface area contributed by atoms with Crippen LogP contribution >= 0.6 is 0 Å². The molecule has 3 aromatic rings. The van der Waals surface area contributed by atoms with Crippen molar-refractivity contribution in [2.75, 3.05) is 25.3 Å². The van der Waals surface area contributed by atoms with E-state index in [9.17, 15) is 13.2 Å². The van der Waals surface area contributed by atoms with Gasteiger partial charge in [-0.2, -0.15) is 0 Å². The Morgan fingerprint density at radius 1 is 1.06 bits per heavy atom. The molecule has 0 aliphatic heterocycles. The molecule has 164 valence electrons. The van der Waals surface area contributed by atoms with Crippen LogP contribution in [0.5, 0.6) is 11.5 Å². The molecule has 9 heteroatoms. The highest BCUT2D eigenvalue weighted by Crippen LogP contribution is 2.30. The topological polar surface area (TPSA) is 108 Å². The molecule has 1 aromatic heterocycles. The number of hydrogen-bond donors (Lipinski definition) is 1. The lowest BCUT2D eigenvalue weighted by molar-refractivity contribution is -0.115. The molecule has 0 radical (unpaired) electrons. The number of anilines is 1. The third-order valence-corrected chi connectivity index (χ3v) is 6.57. The maximum atomic E-state index is 13.0. The summed E-state index contributed by atoms with van der Waals surface area (Å²) in [6.45, 7) is 3.50. The number of aromatic nitrogens is 1. The van der Waals surface area contributed by atoms with E-state index in [-0.39, 0.29) is 17.1 Å². The zero-order valence-corrected chi connectivity index (χ0v) is 18.6. The van der Waals surface area contributed by atoms with Crippen LogP contribution in [0, 0.1) is 13.8 Å². The van der Waals surface area contributed by atoms with E-state index in [1.54, 1.807) is 56.3 Å². The molecule has 0 bridgehead atoms. The number of carbonyl (C=O) groups is 1. The van der Waals surface area contributed by atoms with Gasteiger partial charge in [0.15, 0.2) is 15.6 Å². The van der Waals surface area contributed by atoms with Crippen molar-refractivity contribution in [3.8, 4) is 22.8 Å². The van der Waals surface area contributed by atoms with Crippen LogP contribution in [0.2, 0.25) is 0 Å². The molecule has 8 nitrogen and oxygen atoms in total. The Kier molecular flexibility index (Phi) is 6.65. The summed E-state index contributed by atoms with van der Waals surface area (Å²) in [5.74, 6) is 0.679. The molecule has 0 fully saturated rings. The SMILES string of the molecule is COc1ccc(OC)c(NC(=O)CCS(=O)(=O)c2cc(-c3cc(C)no3)ccc2C)c1. The Morgan fingerprint density at radius 3 is 2.48 bits per heavy atom. The Labute approximate surface area is 181 Å². The molecule has 31 heavy (non-hydrogen) atoms. The fraction of sp³-hybridized carbons (Fsp3) is 0.273. The predicted molar refractivity (Wildman–Crippen MR) is 116 cm³/mol. The van der Waals surface area contributed by atoms with Gasteiger partial charge >= 0.3 is 0 Å². The van der Waals surface area contributed by atoms with Gasteiger partial charge in [-0.25, -0.2) is 8.42 Å². The molecule has 1 heterocycles. The number of benzene rings is 2. The van der Waals surface area contributed by atoms with Crippen LogP contribution in [0.3, 0.4) is 0 Å². The van der Waals surface area contributed by atoms with Crippen molar-refractivity contribution in [1.82, 2.24) is 5.16 Å². The molecular weight excluding hydrogens is 420 g/mol. The summed E-state index contributed by atoms with van der Waals surface area (Å²) in [4.78, 5) is 12.6. The third kappa shape index (κ3) is 5.24. The van der Waals surface area contributed by atoms with Crippen molar-refractivity contribution >= 4 is 21.4 Å². The first-order chi connectivity index (χ1) is 14.7. The highest BCUT2D eigenvalue weighted by atomic mass is 32.2. The first-order valence-electron chi connectivity index (χ1n) is 9.52. The van der Waals surface area contributed by atoms with E-state index in [4.69, 9.17) is 14.0 Å². The Hall–Kier alpha value is -3.33. The molecular formula is C22H24N2O6S. The second kappa shape index (κ2) is 9.22. The first kappa shape index (κ1) is 22.4. The van der Waals surface area contributed by atoms with Gasteiger partial charge in [0.25, 0.3) is 0 Å². The van der Waals surface area contributed by atoms with Crippen molar-refractivity contribution in [3.63, 3.8) is 0 Å². The maximum Gasteiger partial charge on any atom is 0.225 e. The molecule has 0 unspecified atom stereocenters. The van der Waals surface area contributed by atoms with Gasteiger partial charge in [-0.3, -0.25) is 4.79 Å². The van der Waals surface area contributed by atoms with Crippen molar-refractivity contribution in [2.24, 2.45) is 0 Å². The van der Waals surface area contributed by atoms with Crippen LogP contribution < -0.4 is 14.8 Å². The number of methoxy groups -OCH3 is 2. The Morgan fingerprint density at radius 2 is 1.84 bits per heavy atom. The highest BCUT2D eigenvalue weighted by molar-refractivity contribution is 7.91.